The largest absolute Gasteiger partial charge is 0.459 e. The van der Waals surface area contributed by atoms with Gasteiger partial charge in [-0.1, -0.05) is 34.6 Å². The minimum absolute atomic E-state index is 0.0197. The van der Waals surface area contributed by atoms with E-state index in [4.69, 9.17) is 18.9 Å². The monoisotopic (exact) mass is 732 g/mol. The third kappa shape index (κ3) is 8.23. The van der Waals surface area contributed by atoms with Crippen molar-refractivity contribution < 1.29 is 48.3 Å². The standard InChI is InChI=1S/C16H26O4.C13H18O4.C13H24O2/c1-4-13(2,3)12(17)20-16-7-11-5-14(18,9-16)8-15(19,6-11)10-16;1-3-6(2)12(14)16-10-7-4-8-9(5-7)13(15)17-11(8)10;1-5-12(3,4)11(14)15-13(6-2)9-7-8-10-13/h11,18-19H,4-10H2,1-3H3;6-11H,3-5H2,1-2H3;5-10H2,1-4H3. The highest BCUT2D eigenvalue weighted by Crippen LogP contribution is 2.61. The van der Waals surface area contributed by atoms with Gasteiger partial charge in [-0.3, -0.25) is 19.2 Å². The van der Waals surface area contributed by atoms with Crippen molar-refractivity contribution >= 4 is 23.9 Å². The second-order valence-corrected chi connectivity index (χ2v) is 19.3. The molecule has 0 spiro atoms. The summed E-state index contributed by atoms with van der Waals surface area (Å²) in [5, 5.41) is 21.3. The van der Waals surface area contributed by atoms with Crippen molar-refractivity contribution in [3.05, 3.63) is 0 Å². The molecule has 1 saturated heterocycles. The van der Waals surface area contributed by atoms with Crippen LogP contribution in [0.15, 0.2) is 0 Å². The zero-order chi connectivity index (χ0) is 38.5. The van der Waals surface area contributed by atoms with Crippen LogP contribution in [0.3, 0.4) is 0 Å². The molecule has 6 bridgehead atoms. The van der Waals surface area contributed by atoms with Crippen molar-refractivity contribution in [3.63, 3.8) is 0 Å². The maximum Gasteiger partial charge on any atom is 0.312 e. The molecule has 0 aromatic heterocycles. The van der Waals surface area contributed by atoms with Crippen LogP contribution in [0.25, 0.3) is 0 Å². The van der Waals surface area contributed by atoms with Gasteiger partial charge in [-0.2, -0.15) is 0 Å². The first-order valence-corrected chi connectivity index (χ1v) is 20.5. The second kappa shape index (κ2) is 14.8. The van der Waals surface area contributed by atoms with E-state index in [-0.39, 0.29) is 64.9 Å². The molecule has 0 aromatic carbocycles. The summed E-state index contributed by atoms with van der Waals surface area (Å²) >= 11 is 0. The molecular weight excluding hydrogens is 664 g/mol. The summed E-state index contributed by atoms with van der Waals surface area (Å²) < 4.78 is 22.6. The van der Waals surface area contributed by atoms with Gasteiger partial charge in [-0.05, 0) is 117 Å². The van der Waals surface area contributed by atoms with Gasteiger partial charge in [0.05, 0.1) is 33.9 Å². The zero-order valence-electron chi connectivity index (χ0n) is 33.5. The molecule has 10 heteroatoms. The molecule has 8 atom stereocenters. The van der Waals surface area contributed by atoms with E-state index in [1.54, 1.807) is 0 Å². The van der Waals surface area contributed by atoms with Gasteiger partial charge in [-0.15, -0.1) is 0 Å². The first-order chi connectivity index (χ1) is 24.2. The van der Waals surface area contributed by atoms with E-state index >= 15 is 0 Å². The lowest BCUT2D eigenvalue weighted by molar-refractivity contribution is -0.264. The number of fused-ring (bicyclic) bond motifs is 1. The second-order valence-electron chi connectivity index (χ2n) is 19.3. The predicted molar refractivity (Wildman–Crippen MR) is 195 cm³/mol. The Morgan fingerprint density at radius 3 is 1.90 bits per heavy atom. The van der Waals surface area contributed by atoms with E-state index in [1.165, 1.54) is 12.8 Å². The van der Waals surface area contributed by atoms with Crippen LogP contribution in [0.5, 0.6) is 0 Å². The van der Waals surface area contributed by atoms with E-state index in [0.717, 1.165) is 70.6 Å². The Morgan fingerprint density at radius 2 is 1.40 bits per heavy atom. The molecule has 0 aromatic rings. The Kier molecular flexibility index (Phi) is 11.7. The van der Waals surface area contributed by atoms with Gasteiger partial charge in [-0.25, -0.2) is 0 Å². The summed E-state index contributed by atoms with van der Waals surface area (Å²) in [4.78, 5) is 47.7. The molecule has 8 aliphatic rings. The van der Waals surface area contributed by atoms with Crippen LogP contribution < -0.4 is 0 Å². The summed E-state index contributed by atoms with van der Waals surface area (Å²) in [5.41, 5.74) is -3.30. The lowest BCUT2D eigenvalue weighted by atomic mass is 9.50. The quantitative estimate of drug-likeness (QED) is 0.172. The fourth-order valence-electron chi connectivity index (χ4n) is 10.4. The van der Waals surface area contributed by atoms with Crippen LogP contribution in [-0.4, -0.2) is 68.7 Å². The fourth-order valence-corrected chi connectivity index (χ4v) is 10.4. The van der Waals surface area contributed by atoms with Crippen LogP contribution in [-0.2, 0) is 38.1 Å². The van der Waals surface area contributed by atoms with Crippen LogP contribution in [0.4, 0.5) is 0 Å². The Bertz CT molecular complexity index is 1330. The van der Waals surface area contributed by atoms with Crippen molar-refractivity contribution in [3.8, 4) is 0 Å². The van der Waals surface area contributed by atoms with E-state index in [2.05, 4.69) is 6.92 Å². The predicted octanol–water partition coefficient (Wildman–Crippen LogP) is 7.38. The minimum Gasteiger partial charge on any atom is -0.459 e. The molecule has 2 N–H and O–H groups in total. The average molecular weight is 733 g/mol. The maximum absolute atomic E-state index is 12.4. The summed E-state index contributed by atoms with van der Waals surface area (Å²) in [6.07, 6.45) is 13.0. The molecule has 8 fully saturated rings. The molecule has 8 rings (SSSR count). The lowest BCUT2D eigenvalue weighted by Crippen LogP contribution is -2.67. The number of rotatable bonds is 10. The number of hydrogen-bond acceptors (Lipinski definition) is 10. The van der Waals surface area contributed by atoms with Crippen molar-refractivity contribution in [2.24, 2.45) is 40.4 Å². The van der Waals surface area contributed by atoms with Gasteiger partial charge in [0.25, 0.3) is 0 Å². The van der Waals surface area contributed by atoms with Crippen molar-refractivity contribution in [1.29, 1.82) is 0 Å². The van der Waals surface area contributed by atoms with Crippen LogP contribution in [0, 0.1) is 40.4 Å². The molecule has 7 saturated carbocycles. The summed E-state index contributed by atoms with van der Waals surface area (Å²) in [6.45, 7) is 17.7. The van der Waals surface area contributed by atoms with Gasteiger partial charge in [0.15, 0.2) is 0 Å². The summed E-state index contributed by atoms with van der Waals surface area (Å²) in [6, 6.07) is 0. The molecular formula is C42H68O10. The van der Waals surface area contributed by atoms with Gasteiger partial charge < -0.3 is 29.2 Å². The van der Waals surface area contributed by atoms with Crippen molar-refractivity contribution in [1.82, 2.24) is 0 Å². The maximum atomic E-state index is 12.4. The molecule has 0 amide bonds. The first kappa shape index (κ1) is 41.0. The molecule has 1 heterocycles. The number of aliphatic hydroxyl groups is 2. The highest BCUT2D eigenvalue weighted by atomic mass is 16.6. The molecule has 0 radical (unpaired) electrons. The van der Waals surface area contributed by atoms with Crippen LogP contribution in [0.2, 0.25) is 0 Å². The summed E-state index contributed by atoms with van der Waals surface area (Å²) in [7, 11) is 0. The lowest BCUT2D eigenvalue weighted by Gasteiger charge is -2.62. The van der Waals surface area contributed by atoms with Gasteiger partial charge >= 0.3 is 23.9 Å². The first-order valence-electron chi connectivity index (χ1n) is 20.5. The number of esters is 4. The van der Waals surface area contributed by atoms with Crippen molar-refractivity contribution in [2.45, 2.75) is 200 Å². The number of ether oxygens (including phenoxy) is 4. The van der Waals surface area contributed by atoms with Crippen LogP contribution in [0.1, 0.15) is 165 Å². The molecule has 52 heavy (non-hydrogen) atoms. The fraction of sp³-hybridized carbons (Fsp3) is 0.905. The number of carbonyl (C=O) groups is 4. The SMILES string of the molecule is CCC(C)(C)C(=O)OC12CC3CC(O)(CC(O)(C3)C1)C2.CCC(C)C(=O)OC1C2CC3C(=O)OC1C3C2.CCC1(OC(=O)C(C)(C)CC)CCCC1. The Hall–Kier alpha value is -2.20. The molecule has 296 valence electrons. The van der Waals surface area contributed by atoms with Gasteiger partial charge in [0.2, 0.25) is 0 Å². The molecule has 1 aliphatic heterocycles. The van der Waals surface area contributed by atoms with E-state index in [1.807, 2.05) is 55.4 Å². The van der Waals surface area contributed by atoms with Gasteiger partial charge in [0, 0.05) is 31.1 Å². The van der Waals surface area contributed by atoms with Crippen molar-refractivity contribution in [2.75, 3.05) is 0 Å². The average Bonchev–Trinajstić information content (AvgIpc) is 3.83. The Labute approximate surface area is 311 Å². The topological polar surface area (TPSA) is 146 Å². The molecule has 7 aliphatic carbocycles. The van der Waals surface area contributed by atoms with Crippen LogP contribution >= 0.6 is 0 Å². The Morgan fingerprint density at radius 1 is 0.846 bits per heavy atom. The van der Waals surface area contributed by atoms with E-state index in [0.29, 0.717) is 31.1 Å². The zero-order valence-corrected chi connectivity index (χ0v) is 33.5. The Balaban J connectivity index is 0.000000153. The normalized spacial score (nSPS) is 38.0. The van der Waals surface area contributed by atoms with E-state index in [9.17, 15) is 29.4 Å². The molecule has 10 nitrogen and oxygen atoms in total. The third-order valence-corrected chi connectivity index (χ3v) is 14.3. The third-order valence-electron chi connectivity index (χ3n) is 14.3. The highest BCUT2D eigenvalue weighted by molar-refractivity contribution is 5.78. The highest BCUT2D eigenvalue weighted by Gasteiger charge is 2.65. The molecule has 8 unspecified atom stereocenters. The van der Waals surface area contributed by atoms with Gasteiger partial charge in [0.1, 0.15) is 23.4 Å². The minimum atomic E-state index is -0.842. The number of carbonyl (C=O) groups excluding carboxylic acids is 4. The van der Waals surface area contributed by atoms with E-state index < -0.39 is 22.2 Å². The summed E-state index contributed by atoms with van der Waals surface area (Å²) in [5.74, 6) is 0.498. The smallest absolute Gasteiger partial charge is 0.312 e. The number of hydrogen-bond donors (Lipinski definition) is 2.